The molecule has 0 fully saturated rings. The van der Waals surface area contributed by atoms with Crippen molar-refractivity contribution in [3.63, 3.8) is 0 Å². The van der Waals surface area contributed by atoms with Crippen molar-refractivity contribution in [2.45, 2.75) is 0 Å². The molecule has 1 aromatic heterocycles. The minimum absolute atomic E-state index is 0.236. The summed E-state index contributed by atoms with van der Waals surface area (Å²) in [4.78, 5) is 17.2. The molecule has 0 aliphatic heterocycles. The number of aromatic nitrogens is 2. The number of hydrogen-bond acceptors (Lipinski definition) is 3. The Balaban J connectivity index is 2.87. The first-order valence-corrected chi connectivity index (χ1v) is 3.84. The molecule has 0 radical (unpaired) electrons. The monoisotopic (exact) mass is 176 g/mol. The molecule has 1 heterocycles. The Morgan fingerprint density at radius 2 is 2.15 bits per heavy atom. The summed E-state index contributed by atoms with van der Waals surface area (Å²) in [7, 11) is 1.41. The summed E-state index contributed by atoms with van der Waals surface area (Å²) in [6.07, 6.45) is 1.60. The molecular weight excluding hydrogens is 168 g/mol. The zero-order chi connectivity index (χ0) is 9.26. The van der Waals surface area contributed by atoms with Crippen LogP contribution in [0.4, 0.5) is 0 Å². The second kappa shape index (κ2) is 2.90. The van der Waals surface area contributed by atoms with E-state index in [4.69, 9.17) is 4.84 Å². The normalized spacial score (nSPS) is 10.2. The van der Waals surface area contributed by atoms with E-state index < -0.39 is 0 Å². The van der Waals surface area contributed by atoms with Crippen molar-refractivity contribution in [3.05, 3.63) is 40.8 Å². The average molecular weight is 176 g/mol. The molecule has 66 valence electrons. The molecule has 4 heteroatoms. The standard InChI is InChI=1S/C9H8N2O2/c1-13-11-9(12)8-5-3-2-4-7(8)6-10-11/h2-6H,1H3. The van der Waals surface area contributed by atoms with Gasteiger partial charge in [0.25, 0.3) is 0 Å². The molecule has 0 amide bonds. The topological polar surface area (TPSA) is 44.1 Å². The first-order valence-electron chi connectivity index (χ1n) is 3.84. The third-order valence-electron chi connectivity index (χ3n) is 1.84. The number of nitrogens with zero attached hydrogens (tertiary/aromatic N) is 2. The highest BCUT2D eigenvalue weighted by Crippen LogP contribution is 2.05. The molecule has 4 nitrogen and oxygen atoms in total. The third-order valence-corrected chi connectivity index (χ3v) is 1.84. The average Bonchev–Trinajstić information content (AvgIpc) is 2.19. The highest BCUT2D eigenvalue weighted by atomic mass is 16.7. The van der Waals surface area contributed by atoms with Crippen molar-refractivity contribution in [2.24, 2.45) is 0 Å². The van der Waals surface area contributed by atoms with Gasteiger partial charge < -0.3 is 4.84 Å². The number of fused-ring (bicyclic) bond motifs is 1. The molecule has 13 heavy (non-hydrogen) atoms. The SMILES string of the molecule is COn1ncc2ccccc2c1=O. The Hall–Kier alpha value is -1.84. The molecule has 2 aromatic rings. The second-order valence-electron chi connectivity index (χ2n) is 2.59. The van der Waals surface area contributed by atoms with Crippen LogP contribution < -0.4 is 10.4 Å². The Morgan fingerprint density at radius 3 is 2.92 bits per heavy atom. The highest BCUT2D eigenvalue weighted by Gasteiger charge is 2.01. The van der Waals surface area contributed by atoms with Gasteiger partial charge in [-0.25, -0.2) is 0 Å². The Labute approximate surface area is 74.3 Å². The predicted octanol–water partition coefficient (Wildman–Crippen LogP) is 0.455. The molecule has 1 aromatic carbocycles. The van der Waals surface area contributed by atoms with Crippen LogP contribution in [-0.4, -0.2) is 17.1 Å². The summed E-state index contributed by atoms with van der Waals surface area (Å²) in [5, 5.41) is 5.24. The van der Waals surface area contributed by atoms with Crippen LogP contribution >= 0.6 is 0 Å². The van der Waals surface area contributed by atoms with Crippen LogP contribution in [0.3, 0.4) is 0 Å². The number of benzene rings is 1. The summed E-state index contributed by atoms with van der Waals surface area (Å²) in [5.74, 6) is 0. The van der Waals surface area contributed by atoms with Crippen molar-refractivity contribution in [1.29, 1.82) is 0 Å². The minimum atomic E-state index is -0.236. The van der Waals surface area contributed by atoms with Gasteiger partial charge in [-0.2, -0.15) is 0 Å². The molecule has 0 saturated carbocycles. The highest BCUT2D eigenvalue weighted by molar-refractivity contribution is 5.80. The minimum Gasteiger partial charge on any atom is -0.397 e. The maximum Gasteiger partial charge on any atom is 0.310 e. The smallest absolute Gasteiger partial charge is 0.310 e. The maximum atomic E-state index is 11.5. The van der Waals surface area contributed by atoms with E-state index in [1.807, 2.05) is 18.2 Å². The summed E-state index contributed by atoms with van der Waals surface area (Å²) in [6, 6.07) is 7.25. The van der Waals surface area contributed by atoms with Crippen molar-refractivity contribution < 1.29 is 4.84 Å². The van der Waals surface area contributed by atoms with E-state index in [0.29, 0.717) is 5.39 Å². The molecular formula is C9H8N2O2. The van der Waals surface area contributed by atoms with E-state index in [9.17, 15) is 4.79 Å². The predicted molar refractivity (Wildman–Crippen MR) is 48.5 cm³/mol. The van der Waals surface area contributed by atoms with Crippen LogP contribution in [0.1, 0.15) is 0 Å². The maximum absolute atomic E-state index is 11.5. The van der Waals surface area contributed by atoms with Crippen LogP contribution in [0.2, 0.25) is 0 Å². The van der Waals surface area contributed by atoms with E-state index in [2.05, 4.69) is 5.10 Å². The fourth-order valence-electron chi connectivity index (χ4n) is 1.20. The van der Waals surface area contributed by atoms with Crippen molar-refractivity contribution in [1.82, 2.24) is 9.94 Å². The zero-order valence-electron chi connectivity index (χ0n) is 7.10. The molecule has 0 saturated heterocycles. The summed E-state index contributed by atoms with van der Waals surface area (Å²) in [5.41, 5.74) is -0.236. The van der Waals surface area contributed by atoms with Gasteiger partial charge >= 0.3 is 5.56 Å². The number of hydrogen-bond donors (Lipinski definition) is 0. The van der Waals surface area contributed by atoms with Gasteiger partial charge in [0.2, 0.25) is 0 Å². The number of rotatable bonds is 1. The van der Waals surface area contributed by atoms with E-state index in [1.54, 1.807) is 12.3 Å². The van der Waals surface area contributed by atoms with E-state index in [0.717, 1.165) is 10.2 Å². The van der Waals surface area contributed by atoms with Gasteiger partial charge in [0.15, 0.2) is 0 Å². The van der Waals surface area contributed by atoms with Gasteiger partial charge in [0.1, 0.15) is 7.11 Å². The van der Waals surface area contributed by atoms with Gasteiger partial charge in [-0.05, 0) is 6.07 Å². The lowest BCUT2D eigenvalue weighted by atomic mass is 10.2. The van der Waals surface area contributed by atoms with Crippen molar-refractivity contribution in [2.75, 3.05) is 7.11 Å². The van der Waals surface area contributed by atoms with Gasteiger partial charge in [-0.3, -0.25) is 4.79 Å². The van der Waals surface area contributed by atoms with Gasteiger partial charge in [-0.1, -0.05) is 23.0 Å². The second-order valence-corrected chi connectivity index (χ2v) is 2.59. The molecule has 0 aliphatic rings. The largest absolute Gasteiger partial charge is 0.397 e. The Kier molecular flexibility index (Phi) is 1.73. The summed E-state index contributed by atoms with van der Waals surface area (Å²) >= 11 is 0. The lowest BCUT2D eigenvalue weighted by molar-refractivity contribution is 0.122. The quantitative estimate of drug-likeness (QED) is 0.633. The van der Waals surface area contributed by atoms with Gasteiger partial charge in [0.05, 0.1) is 11.6 Å². The summed E-state index contributed by atoms with van der Waals surface area (Å²) in [6.45, 7) is 0. The molecule has 0 bridgehead atoms. The molecule has 0 spiro atoms. The molecule has 0 unspecified atom stereocenters. The first kappa shape index (κ1) is 7.79. The lowest BCUT2D eigenvalue weighted by Gasteiger charge is -2.01. The van der Waals surface area contributed by atoms with E-state index in [-0.39, 0.29) is 5.56 Å². The lowest BCUT2D eigenvalue weighted by Crippen LogP contribution is -2.26. The van der Waals surface area contributed by atoms with Crippen LogP contribution in [0.5, 0.6) is 0 Å². The van der Waals surface area contributed by atoms with Crippen LogP contribution in [0.15, 0.2) is 35.3 Å². The van der Waals surface area contributed by atoms with Crippen molar-refractivity contribution >= 4 is 10.8 Å². The Morgan fingerprint density at radius 1 is 1.38 bits per heavy atom. The van der Waals surface area contributed by atoms with Crippen LogP contribution in [0, 0.1) is 0 Å². The van der Waals surface area contributed by atoms with Crippen molar-refractivity contribution in [3.8, 4) is 0 Å². The summed E-state index contributed by atoms with van der Waals surface area (Å²) < 4.78 is 0. The molecule has 0 atom stereocenters. The zero-order valence-corrected chi connectivity index (χ0v) is 7.10. The van der Waals surface area contributed by atoms with E-state index >= 15 is 0 Å². The van der Waals surface area contributed by atoms with Gasteiger partial charge in [-0.15, -0.1) is 5.10 Å². The first-order chi connectivity index (χ1) is 6.33. The molecule has 0 aliphatic carbocycles. The molecule has 0 N–H and O–H groups in total. The van der Waals surface area contributed by atoms with Crippen LogP contribution in [-0.2, 0) is 0 Å². The third kappa shape index (κ3) is 1.16. The fourth-order valence-corrected chi connectivity index (χ4v) is 1.20. The van der Waals surface area contributed by atoms with Gasteiger partial charge in [0, 0.05) is 5.39 Å². The van der Waals surface area contributed by atoms with E-state index in [1.165, 1.54) is 7.11 Å². The fraction of sp³-hybridized carbons (Fsp3) is 0.111. The van der Waals surface area contributed by atoms with Crippen LogP contribution in [0.25, 0.3) is 10.8 Å². The molecule has 2 rings (SSSR count). The Bertz CT molecular complexity index is 490.